The standard InChI is InChI=1S/C18H31N3O4/c1-3-4-11-19-16(25)20-18(8-6-5-7-9-18)14(22)21-12-10-17(2,13-21)15(23)24/h3-13H2,1-2H3,(H,23,24)(H2,19,20,25). The number of hydrogen-bond acceptors (Lipinski definition) is 3. The minimum Gasteiger partial charge on any atom is -0.481 e. The summed E-state index contributed by atoms with van der Waals surface area (Å²) in [7, 11) is 0. The van der Waals surface area contributed by atoms with Crippen molar-refractivity contribution in [2.45, 2.75) is 70.8 Å². The van der Waals surface area contributed by atoms with Gasteiger partial charge in [0.2, 0.25) is 5.91 Å². The first-order valence-electron chi connectivity index (χ1n) is 9.42. The third-order valence-electron chi connectivity index (χ3n) is 5.56. The molecule has 7 heteroatoms. The van der Waals surface area contributed by atoms with Gasteiger partial charge in [0.15, 0.2) is 0 Å². The van der Waals surface area contributed by atoms with Crippen molar-refractivity contribution in [3.8, 4) is 0 Å². The molecule has 2 fully saturated rings. The Morgan fingerprint density at radius 3 is 2.36 bits per heavy atom. The zero-order chi connectivity index (χ0) is 18.5. The molecule has 1 saturated heterocycles. The van der Waals surface area contributed by atoms with Crippen LogP contribution in [0.4, 0.5) is 4.79 Å². The number of urea groups is 1. The van der Waals surface area contributed by atoms with Gasteiger partial charge in [-0.3, -0.25) is 9.59 Å². The molecule has 1 unspecified atom stereocenters. The highest BCUT2D eigenvalue weighted by Gasteiger charge is 2.49. The van der Waals surface area contributed by atoms with Crippen LogP contribution >= 0.6 is 0 Å². The molecule has 3 N–H and O–H groups in total. The maximum atomic E-state index is 13.2. The molecule has 7 nitrogen and oxygen atoms in total. The first kappa shape index (κ1) is 19.5. The fourth-order valence-corrected chi connectivity index (χ4v) is 3.80. The third-order valence-corrected chi connectivity index (χ3v) is 5.56. The lowest BCUT2D eigenvalue weighted by Crippen LogP contribution is -2.62. The number of nitrogens with one attached hydrogen (secondary N) is 2. The summed E-state index contributed by atoms with van der Waals surface area (Å²) in [4.78, 5) is 38.5. The summed E-state index contributed by atoms with van der Waals surface area (Å²) in [6.07, 6.45) is 6.42. The van der Waals surface area contributed by atoms with Gasteiger partial charge in [0.1, 0.15) is 5.54 Å². The van der Waals surface area contributed by atoms with E-state index in [-0.39, 0.29) is 18.5 Å². The van der Waals surface area contributed by atoms with E-state index in [1.807, 2.05) is 0 Å². The van der Waals surface area contributed by atoms with Crippen LogP contribution in [0.2, 0.25) is 0 Å². The zero-order valence-corrected chi connectivity index (χ0v) is 15.4. The molecule has 3 amide bonds. The summed E-state index contributed by atoms with van der Waals surface area (Å²) in [6.45, 7) is 4.97. The van der Waals surface area contributed by atoms with Gasteiger partial charge in [-0.25, -0.2) is 4.79 Å². The summed E-state index contributed by atoms with van der Waals surface area (Å²) < 4.78 is 0. The van der Waals surface area contributed by atoms with Crippen molar-refractivity contribution in [2.75, 3.05) is 19.6 Å². The molecule has 0 aromatic carbocycles. The van der Waals surface area contributed by atoms with Gasteiger partial charge in [0.05, 0.1) is 5.41 Å². The van der Waals surface area contributed by atoms with Crippen molar-refractivity contribution in [1.82, 2.24) is 15.5 Å². The second-order valence-corrected chi connectivity index (χ2v) is 7.72. The summed E-state index contributed by atoms with van der Waals surface area (Å²) in [5.41, 5.74) is -1.78. The molecule has 1 aliphatic carbocycles. The van der Waals surface area contributed by atoms with Crippen LogP contribution in [-0.4, -0.2) is 53.1 Å². The lowest BCUT2D eigenvalue weighted by Gasteiger charge is -2.39. The number of aliphatic carboxylic acids is 1. The van der Waals surface area contributed by atoms with Gasteiger partial charge in [-0.05, 0) is 32.6 Å². The van der Waals surface area contributed by atoms with Crippen molar-refractivity contribution < 1.29 is 19.5 Å². The topological polar surface area (TPSA) is 98.7 Å². The number of amides is 3. The number of carbonyl (C=O) groups excluding carboxylic acids is 2. The van der Waals surface area contributed by atoms with Gasteiger partial charge in [0.25, 0.3) is 0 Å². The Hall–Kier alpha value is -1.79. The smallest absolute Gasteiger partial charge is 0.315 e. The maximum Gasteiger partial charge on any atom is 0.315 e. The molecule has 1 saturated carbocycles. The molecule has 2 rings (SSSR count). The van der Waals surface area contributed by atoms with Gasteiger partial charge in [-0.1, -0.05) is 32.6 Å². The first-order chi connectivity index (χ1) is 11.8. The second kappa shape index (κ2) is 8.06. The van der Waals surface area contributed by atoms with Crippen molar-refractivity contribution in [3.05, 3.63) is 0 Å². The van der Waals surface area contributed by atoms with E-state index in [1.54, 1.807) is 11.8 Å². The molecule has 1 heterocycles. The molecule has 0 bridgehead atoms. The molecule has 1 atom stereocenters. The quantitative estimate of drug-likeness (QED) is 0.637. The molecule has 0 aromatic rings. The average molecular weight is 353 g/mol. The van der Waals surface area contributed by atoms with Crippen LogP contribution in [0.5, 0.6) is 0 Å². The number of carboxylic acids is 1. The molecule has 1 aliphatic heterocycles. The van der Waals surface area contributed by atoms with Gasteiger partial charge < -0.3 is 20.6 Å². The molecular formula is C18H31N3O4. The summed E-state index contributed by atoms with van der Waals surface area (Å²) >= 11 is 0. The molecule has 2 aliphatic rings. The molecular weight excluding hydrogens is 322 g/mol. The fraction of sp³-hybridized carbons (Fsp3) is 0.833. The number of nitrogens with zero attached hydrogens (tertiary/aromatic N) is 1. The molecule has 0 aromatic heterocycles. The van der Waals surface area contributed by atoms with Crippen molar-refractivity contribution in [3.63, 3.8) is 0 Å². The molecule has 0 spiro atoms. The normalized spacial score (nSPS) is 25.4. The number of carbonyl (C=O) groups is 3. The van der Waals surface area contributed by atoms with E-state index in [9.17, 15) is 19.5 Å². The summed E-state index contributed by atoms with van der Waals surface area (Å²) in [5, 5.41) is 15.2. The van der Waals surface area contributed by atoms with E-state index < -0.39 is 16.9 Å². The van der Waals surface area contributed by atoms with Gasteiger partial charge in [-0.15, -0.1) is 0 Å². The van der Waals surface area contributed by atoms with Crippen LogP contribution in [0, 0.1) is 5.41 Å². The Labute approximate surface area is 149 Å². The van der Waals surface area contributed by atoms with Crippen molar-refractivity contribution >= 4 is 17.9 Å². The number of likely N-dealkylation sites (tertiary alicyclic amines) is 1. The molecule has 25 heavy (non-hydrogen) atoms. The Morgan fingerprint density at radius 1 is 1.12 bits per heavy atom. The second-order valence-electron chi connectivity index (χ2n) is 7.72. The predicted molar refractivity (Wildman–Crippen MR) is 94.2 cm³/mol. The largest absolute Gasteiger partial charge is 0.481 e. The monoisotopic (exact) mass is 353 g/mol. The minimum atomic E-state index is -0.894. The first-order valence-corrected chi connectivity index (χ1v) is 9.42. The van der Waals surface area contributed by atoms with Crippen molar-refractivity contribution in [1.29, 1.82) is 0 Å². The van der Waals surface area contributed by atoms with Crippen LogP contribution in [-0.2, 0) is 9.59 Å². The van der Waals surface area contributed by atoms with Gasteiger partial charge in [0, 0.05) is 19.6 Å². The SMILES string of the molecule is CCCCNC(=O)NC1(C(=O)N2CCC(C)(C(=O)O)C2)CCCCC1. The van der Waals surface area contributed by atoms with Crippen molar-refractivity contribution in [2.24, 2.45) is 5.41 Å². The Morgan fingerprint density at radius 2 is 1.80 bits per heavy atom. The molecule has 142 valence electrons. The zero-order valence-electron chi connectivity index (χ0n) is 15.4. The highest BCUT2D eigenvalue weighted by Crippen LogP contribution is 2.35. The highest BCUT2D eigenvalue weighted by molar-refractivity contribution is 5.92. The van der Waals surface area contributed by atoms with E-state index in [2.05, 4.69) is 17.6 Å². The van der Waals surface area contributed by atoms with Crippen LogP contribution in [0.25, 0.3) is 0 Å². The van der Waals surface area contributed by atoms with Gasteiger partial charge >= 0.3 is 12.0 Å². The Kier molecular flexibility index (Phi) is 6.30. The van der Waals surface area contributed by atoms with E-state index in [4.69, 9.17) is 0 Å². The number of unbranched alkanes of at least 4 members (excludes halogenated alkanes) is 1. The summed E-state index contributed by atoms with van der Waals surface area (Å²) in [6, 6.07) is -0.302. The predicted octanol–water partition coefficient (Wildman–Crippen LogP) is 2.11. The minimum absolute atomic E-state index is 0.122. The maximum absolute atomic E-state index is 13.2. The number of hydrogen-bond donors (Lipinski definition) is 3. The van der Waals surface area contributed by atoms with Crippen LogP contribution in [0.1, 0.15) is 65.2 Å². The van der Waals surface area contributed by atoms with E-state index >= 15 is 0 Å². The third kappa shape index (κ3) is 4.44. The fourth-order valence-electron chi connectivity index (χ4n) is 3.80. The van der Waals surface area contributed by atoms with Crippen LogP contribution in [0.3, 0.4) is 0 Å². The molecule has 0 radical (unpaired) electrons. The van der Waals surface area contributed by atoms with E-state index in [1.165, 1.54) is 0 Å². The number of rotatable bonds is 6. The van der Waals surface area contributed by atoms with Crippen LogP contribution in [0.15, 0.2) is 0 Å². The summed E-state index contributed by atoms with van der Waals surface area (Å²) in [5.74, 6) is -0.992. The number of carboxylic acid groups (broad SMARTS) is 1. The lowest BCUT2D eigenvalue weighted by molar-refractivity contribution is -0.148. The van der Waals surface area contributed by atoms with E-state index in [0.717, 1.165) is 32.1 Å². The lowest BCUT2D eigenvalue weighted by atomic mass is 9.80. The van der Waals surface area contributed by atoms with Gasteiger partial charge in [-0.2, -0.15) is 0 Å². The average Bonchev–Trinajstić information content (AvgIpc) is 2.99. The Bertz CT molecular complexity index is 516. The van der Waals surface area contributed by atoms with Crippen LogP contribution < -0.4 is 10.6 Å². The van der Waals surface area contributed by atoms with E-state index in [0.29, 0.717) is 32.4 Å². The Balaban J connectivity index is 2.07. The highest BCUT2D eigenvalue weighted by atomic mass is 16.4.